The third-order valence-electron chi connectivity index (χ3n) is 0.842. The van der Waals surface area contributed by atoms with E-state index in [0.29, 0.717) is 0 Å². The Morgan fingerprint density at radius 3 is 2.70 bits per heavy atom. The van der Waals surface area contributed by atoms with E-state index in [9.17, 15) is 9.59 Å². The van der Waals surface area contributed by atoms with Crippen LogP contribution in [0.25, 0.3) is 0 Å². The predicted molar refractivity (Wildman–Crippen MR) is 28.3 cm³/mol. The molecule has 0 atom stereocenters. The van der Waals surface area contributed by atoms with Gasteiger partial charge in [0.25, 0.3) is 5.78 Å². The molecule has 0 aliphatic heterocycles. The quantitative estimate of drug-likeness (QED) is 0.409. The van der Waals surface area contributed by atoms with Crippen molar-refractivity contribution in [3.05, 3.63) is 11.9 Å². The Bertz CT molecular complexity index is 253. The lowest BCUT2D eigenvalue weighted by Gasteiger charge is -1.82. The van der Waals surface area contributed by atoms with Crippen molar-refractivity contribution >= 4 is 11.8 Å². The maximum absolute atomic E-state index is 10.5. The Morgan fingerprint density at radius 2 is 2.30 bits per heavy atom. The summed E-state index contributed by atoms with van der Waals surface area (Å²) in [5.74, 6) is -2.59. The number of carboxylic acid groups (broad SMARTS) is 1. The normalized spacial score (nSPS) is 9.20. The molecule has 1 aromatic rings. The Balaban J connectivity index is 2.88. The molecule has 0 spiro atoms. The van der Waals surface area contributed by atoms with E-state index < -0.39 is 11.8 Å². The molecule has 1 rings (SSSR count). The van der Waals surface area contributed by atoms with Gasteiger partial charge in [0.1, 0.15) is 0 Å². The Labute approximate surface area is 54.9 Å². The number of carbonyl (C=O) groups is 2. The standard InChI is InChI=1S/C4H3N3O3/c8-3(4(9)10)2-1-5-7-6-2/h1H,(H,9,10)(H,5,6,7). The van der Waals surface area contributed by atoms with Crippen molar-refractivity contribution in [1.29, 1.82) is 0 Å². The van der Waals surface area contributed by atoms with Crippen LogP contribution in [0, 0.1) is 0 Å². The second-order valence-corrected chi connectivity index (χ2v) is 1.49. The van der Waals surface area contributed by atoms with Crippen LogP contribution in [-0.2, 0) is 4.79 Å². The summed E-state index contributed by atoms with van der Waals surface area (Å²) in [4.78, 5) is 20.5. The van der Waals surface area contributed by atoms with E-state index in [2.05, 4.69) is 15.4 Å². The number of carboxylic acids is 1. The molecule has 0 amide bonds. The van der Waals surface area contributed by atoms with Crippen LogP contribution in [-0.4, -0.2) is 32.3 Å². The molecule has 0 radical (unpaired) electrons. The number of ketones is 1. The highest BCUT2D eigenvalue weighted by molar-refractivity contribution is 6.39. The van der Waals surface area contributed by atoms with Crippen LogP contribution >= 0.6 is 0 Å². The summed E-state index contributed by atoms with van der Waals surface area (Å²) in [7, 11) is 0. The minimum absolute atomic E-state index is 0.187. The van der Waals surface area contributed by atoms with Gasteiger partial charge in [0.2, 0.25) is 0 Å². The van der Waals surface area contributed by atoms with Gasteiger partial charge in [-0.2, -0.15) is 15.4 Å². The molecule has 0 unspecified atom stereocenters. The number of aromatic nitrogens is 3. The first-order valence-electron chi connectivity index (χ1n) is 2.35. The number of hydrogen-bond acceptors (Lipinski definition) is 4. The molecular formula is C4H3N3O3. The number of nitrogens with one attached hydrogen (secondary N) is 1. The molecule has 10 heavy (non-hydrogen) atoms. The van der Waals surface area contributed by atoms with Crippen molar-refractivity contribution in [3.8, 4) is 0 Å². The SMILES string of the molecule is O=C(O)C(=O)c1cn[nH]n1. The van der Waals surface area contributed by atoms with E-state index in [1.165, 1.54) is 0 Å². The molecule has 0 aromatic carbocycles. The summed E-state index contributed by atoms with van der Waals surface area (Å²) >= 11 is 0. The van der Waals surface area contributed by atoms with Crippen LogP contribution in [0.5, 0.6) is 0 Å². The van der Waals surface area contributed by atoms with Crippen molar-refractivity contribution in [2.45, 2.75) is 0 Å². The van der Waals surface area contributed by atoms with E-state index >= 15 is 0 Å². The molecule has 0 aliphatic carbocycles. The van der Waals surface area contributed by atoms with Gasteiger partial charge in [-0.3, -0.25) is 4.79 Å². The van der Waals surface area contributed by atoms with Crippen LogP contribution < -0.4 is 0 Å². The minimum Gasteiger partial charge on any atom is -0.475 e. The smallest absolute Gasteiger partial charge is 0.379 e. The van der Waals surface area contributed by atoms with E-state index in [0.717, 1.165) is 6.20 Å². The molecule has 0 fully saturated rings. The van der Waals surface area contributed by atoms with Crippen LogP contribution in [0.2, 0.25) is 0 Å². The molecule has 6 heteroatoms. The lowest BCUT2D eigenvalue weighted by molar-refractivity contribution is -0.131. The zero-order chi connectivity index (χ0) is 7.56. The zero-order valence-electron chi connectivity index (χ0n) is 4.74. The Kier molecular flexibility index (Phi) is 1.44. The van der Waals surface area contributed by atoms with Gasteiger partial charge in [0.15, 0.2) is 5.69 Å². The van der Waals surface area contributed by atoms with E-state index in [1.54, 1.807) is 0 Å². The summed E-state index contributed by atoms with van der Waals surface area (Å²) < 4.78 is 0. The first-order valence-corrected chi connectivity index (χ1v) is 2.35. The van der Waals surface area contributed by atoms with Crippen LogP contribution in [0.4, 0.5) is 0 Å². The monoisotopic (exact) mass is 141 g/mol. The number of carbonyl (C=O) groups excluding carboxylic acids is 1. The topological polar surface area (TPSA) is 95.9 Å². The molecule has 0 bridgehead atoms. The molecule has 0 aliphatic rings. The number of hydrogen-bond donors (Lipinski definition) is 2. The van der Waals surface area contributed by atoms with Gasteiger partial charge in [-0.15, -0.1) is 0 Å². The highest BCUT2D eigenvalue weighted by atomic mass is 16.4. The van der Waals surface area contributed by atoms with Crippen LogP contribution in [0.3, 0.4) is 0 Å². The molecule has 6 nitrogen and oxygen atoms in total. The van der Waals surface area contributed by atoms with Gasteiger partial charge in [0.05, 0.1) is 6.20 Å². The van der Waals surface area contributed by atoms with Gasteiger partial charge >= 0.3 is 5.97 Å². The third kappa shape index (κ3) is 0.993. The highest BCUT2D eigenvalue weighted by Crippen LogP contribution is 1.89. The first-order chi connectivity index (χ1) is 4.72. The zero-order valence-corrected chi connectivity index (χ0v) is 4.74. The fourth-order valence-corrected chi connectivity index (χ4v) is 0.421. The van der Waals surface area contributed by atoms with Crippen LogP contribution in [0.1, 0.15) is 10.5 Å². The Hall–Kier alpha value is -1.72. The van der Waals surface area contributed by atoms with Crippen molar-refractivity contribution in [2.24, 2.45) is 0 Å². The lowest BCUT2D eigenvalue weighted by Crippen LogP contribution is -2.12. The second-order valence-electron chi connectivity index (χ2n) is 1.49. The van der Waals surface area contributed by atoms with Gasteiger partial charge < -0.3 is 5.11 Å². The van der Waals surface area contributed by atoms with Gasteiger partial charge in [0, 0.05) is 0 Å². The molecule has 0 saturated carbocycles. The van der Waals surface area contributed by atoms with E-state index in [-0.39, 0.29) is 5.69 Å². The summed E-state index contributed by atoms with van der Waals surface area (Å²) in [6.45, 7) is 0. The maximum atomic E-state index is 10.5. The van der Waals surface area contributed by atoms with E-state index in [4.69, 9.17) is 5.11 Å². The van der Waals surface area contributed by atoms with Crippen LogP contribution in [0.15, 0.2) is 6.20 Å². The summed E-state index contributed by atoms with van der Waals surface area (Å²) in [5.41, 5.74) is -0.187. The molecule has 52 valence electrons. The number of H-pyrrole nitrogens is 1. The average Bonchev–Trinajstić information content (AvgIpc) is 2.36. The molecule has 1 heterocycles. The van der Waals surface area contributed by atoms with Gasteiger partial charge in [-0.25, -0.2) is 4.79 Å². The summed E-state index contributed by atoms with van der Waals surface area (Å²) in [6, 6.07) is 0. The van der Waals surface area contributed by atoms with Crippen molar-refractivity contribution < 1.29 is 14.7 Å². The number of aromatic amines is 1. The van der Waals surface area contributed by atoms with Gasteiger partial charge in [-0.05, 0) is 0 Å². The molecule has 1 aromatic heterocycles. The maximum Gasteiger partial charge on any atom is 0.379 e. The van der Waals surface area contributed by atoms with Crippen molar-refractivity contribution in [3.63, 3.8) is 0 Å². The fraction of sp³-hybridized carbons (Fsp3) is 0. The summed E-state index contributed by atoms with van der Waals surface area (Å²) in [6.07, 6.45) is 1.05. The number of rotatable bonds is 2. The number of Topliss-reactive ketones (excluding diaryl/α,β-unsaturated/α-hetero) is 1. The minimum atomic E-state index is -1.53. The largest absolute Gasteiger partial charge is 0.475 e. The number of nitrogens with zero attached hydrogens (tertiary/aromatic N) is 2. The summed E-state index contributed by atoms with van der Waals surface area (Å²) in [5, 5.41) is 16.8. The molecular weight excluding hydrogens is 138 g/mol. The predicted octanol–water partition coefficient (Wildman–Crippen LogP) is -0.928. The van der Waals surface area contributed by atoms with Gasteiger partial charge in [-0.1, -0.05) is 0 Å². The Morgan fingerprint density at radius 1 is 1.60 bits per heavy atom. The highest BCUT2D eigenvalue weighted by Gasteiger charge is 2.16. The molecule has 2 N–H and O–H groups in total. The lowest BCUT2D eigenvalue weighted by atomic mass is 10.3. The molecule has 0 saturated heterocycles. The average molecular weight is 141 g/mol. The second kappa shape index (κ2) is 2.26. The fourth-order valence-electron chi connectivity index (χ4n) is 0.421. The first kappa shape index (κ1) is 6.40. The van der Waals surface area contributed by atoms with Crippen molar-refractivity contribution in [1.82, 2.24) is 15.4 Å². The number of aliphatic carboxylic acids is 1. The van der Waals surface area contributed by atoms with E-state index in [1.807, 2.05) is 0 Å². The van der Waals surface area contributed by atoms with Crippen molar-refractivity contribution in [2.75, 3.05) is 0 Å². The third-order valence-corrected chi connectivity index (χ3v) is 0.842.